The van der Waals surface area contributed by atoms with Crippen molar-refractivity contribution in [3.63, 3.8) is 0 Å². The van der Waals surface area contributed by atoms with E-state index in [1.165, 1.54) is 0 Å². The van der Waals surface area contributed by atoms with E-state index in [4.69, 9.17) is 10.5 Å². The van der Waals surface area contributed by atoms with Crippen LogP contribution in [-0.4, -0.2) is 19.7 Å². The summed E-state index contributed by atoms with van der Waals surface area (Å²) in [6, 6.07) is 1.73. The number of rotatable bonds is 4. The van der Waals surface area contributed by atoms with Crippen molar-refractivity contribution in [2.45, 2.75) is 26.8 Å². The topological polar surface area (TPSA) is 78.9 Å². The van der Waals surface area contributed by atoms with Crippen LogP contribution < -0.4 is 10.5 Å². The molecule has 6 heteroatoms. The normalized spacial score (nSPS) is 10.5. The monoisotopic (exact) mass is 233 g/mol. The fourth-order valence-corrected chi connectivity index (χ4v) is 1.48. The zero-order chi connectivity index (χ0) is 12.3. The molecule has 0 saturated carbocycles. The van der Waals surface area contributed by atoms with Gasteiger partial charge in [-0.05, 0) is 13.3 Å². The van der Waals surface area contributed by atoms with Crippen LogP contribution in [0.4, 0.5) is 5.95 Å². The smallest absolute Gasteiger partial charge is 0.224 e. The van der Waals surface area contributed by atoms with Crippen molar-refractivity contribution in [3.05, 3.63) is 24.2 Å². The molecular formula is C11H15N5O. The first kappa shape index (κ1) is 11.4. The number of anilines is 1. The van der Waals surface area contributed by atoms with Crippen LogP contribution in [0.1, 0.15) is 19.0 Å². The summed E-state index contributed by atoms with van der Waals surface area (Å²) in [6.07, 6.45) is 4.51. The second-order valence-electron chi connectivity index (χ2n) is 3.75. The van der Waals surface area contributed by atoms with Gasteiger partial charge in [0.2, 0.25) is 11.8 Å². The Morgan fingerprint density at radius 1 is 1.41 bits per heavy atom. The molecule has 0 saturated heterocycles. The summed E-state index contributed by atoms with van der Waals surface area (Å²) in [6.45, 7) is 4.80. The van der Waals surface area contributed by atoms with Crippen molar-refractivity contribution >= 4 is 5.95 Å². The Hall–Kier alpha value is -2.11. The number of nitrogen functional groups attached to an aromatic ring is 1. The molecule has 0 bridgehead atoms. The van der Waals surface area contributed by atoms with Gasteiger partial charge in [-0.1, -0.05) is 6.92 Å². The Bertz CT molecular complexity index is 488. The van der Waals surface area contributed by atoms with Gasteiger partial charge in [-0.15, -0.1) is 0 Å². The SMILES string of the molecule is CCCn1cc(Oc2cc(C)nc(N)n2)cn1. The summed E-state index contributed by atoms with van der Waals surface area (Å²) in [5.74, 6) is 1.29. The molecule has 0 amide bonds. The minimum Gasteiger partial charge on any atom is -0.436 e. The van der Waals surface area contributed by atoms with Crippen LogP contribution in [0.25, 0.3) is 0 Å². The second-order valence-corrected chi connectivity index (χ2v) is 3.75. The number of hydrogen-bond donors (Lipinski definition) is 1. The summed E-state index contributed by atoms with van der Waals surface area (Å²) < 4.78 is 7.38. The summed E-state index contributed by atoms with van der Waals surface area (Å²) >= 11 is 0. The van der Waals surface area contributed by atoms with Gasteiger partial charge in [0.25, 0.3) is 0 Å². The molecule has 0 fully saturated rings. The second kappa shape index (κ2) is 4.82. The molecule has 90 valence electrons. The van der Waals surface area contributed by atoms with E-state index in [1.54, 1.807) is 12.3 Å². The molecule has 2 rings (SSSR count). The molecule has 0 spiro atoms. The van der Waals surface area contributed by atoms with Crippen LogP contribution in [0.2, 0.25) is 0 Å². The molecule has 0 aromatic carbocycles. The fraction of sp³-hybridized carbons (Fsp3) is 0.364. The molecule has 0 atom stereocenters. The van der Waals surface area contributed by atoms with Crippen molar-refractivity contribution in [2.75, 3.05) is 5.73 Å². The lowest BCUT2D eigenvalue weighted by Gasteiger charge is -2.03. The van der Waals surface area contributed by atoms with Crippen LogP contribution in [-0.2, 0) is 6.54 Å². The number of nitrogens with zero attached hydrogens (tertiary/aromatic N) is 4. The molecule has 6 nitrogen and oxygen atoms in total. The van der Waals surface area contributed by atoms with Gasteiger partial charge in [0.1, 0.15) is 0 Å². The first-order valence-corrected chi connectivity index (χ1v) is 5.49. The van der Waals surface area contributed by atoms with Gasteiger partial charge in [0.05, 0.1) is 12.4 Å². The molecule has 0 radical (unpaired) electrons. The maximum Gasteiger partial charge on any atom is 0.224 e. The highest BCUT2D eigenvalue weighted by Gasteiger charge is 2.04. The molecule has 2 N–H and O–H groups in total. The first-order valence-electron chi connectivity index (χ1n) is 5.49. The number of nitrogens with two attached hydrogens (primary N) is 1. The Labute approximate surface area is 99.4 Å². The number of aryl methyl sites for hydroxylation is 2. The third kappa shape index (κ3) is 2.93. The maximum absolute atomic E-state index is 5.55. The molecule has 17 heavy (non-hydrogen) atoms. The molecule has 2 aromatic heterocycles. The molecule has 0 aliphatic carbocycles. The first-order chi connectivity index (χ1) is 8.17. The van der Waals surface area contributed by atoms with Gasteiger partial charge in [0, 0.05) is 18.3 Å². The van der Waals surface area contributed by atoms with Crippen LogP contribution in [0, 0.1) is 6.92 Å². The lowest BCUT2D eigenvalue weighted by atomic mass is 10.4. The van der Waals surface area contributed by atoms with Gasteiger partial charge in [-0.2, -0.15) is 10.1 Å². The van der Waals surface area contributed by atoms with Crippen molar-refractivity contribution in [1.82, 2.24) is 19.7 Å². The number of aromatic nitrogens is 4. The average Bonchev–Trinajstić information content (AvgIpc) is 2.64. The standard InChI is InChI=1S/C11H15N5O/c1-3-4-16-7-9(6-13-16)17-10-5-8(2)14-11(12)15-10/h5-7H,3-4H2,1-2H3,(H2,12,14,15). The molecule has 0 aliphatic rings. The predicted octanol–water partition coefficient (Wildman–Crippen LogP) is 1.77. The summed E-state index contributed by atoms with van der Waals surface area (Å²) in [7, 11) is 0. The highest BCUT2D eigenvalue weighted by Crippen LogP contribution is 2.19. The Kier molecular flexibility index (Phi) is 3.22. The van der Waals surface area contributed by atoms with Crippen molar-refractivity contribution in [2.24, 2.45) is 0 Å². The summed E-state index contributed by atoms with van der Waals surface area (Å²) in [4.78, 5) is 7.97. The van der Waals surface area contributed by atoms with Crippen molar-refractivity contribution < 1.29 is 4.74 Å². The van der Waals surface area contributed by atoms with Crippen LogP contribution >= 0.6 is 0 Å². The van der Waals surface area contributed by atoms with E-state index in [9.17, 15) is 0 Å². The van der Waals surface area contributed by atoms with Crippen LogP contribution in [0.15, 0.2) is 18.5 Å². The van der Waals surface area contributed by atoms with E-state index in [0.717, 1.165) is 18.7 Å². The third-order valence-electron chi connectivity index (χ3n) is 2.13. The minimum atomic E-state index is 0.209. The zero-order valence-electron chi connectivity index (χ0n) is 9.92. The molecule has 0 unspecified atom stereocenters. The van der Waals surface area contributed by atoms with E-state index >= 15 is 0 Å². The predicted molar refractivity (Wildman–Crippen MR) is 63.8 cm³/mol. The van der Waals surface area contributed by atoms with E-state index in [2.05, 4.69) is 22.0 Å². The molecule has 2 heterocycles. The van der Waals surface area contributed by atoms with Gasteiger partial charge in [-0.3, -0.25) is 4.68 Å². The zero-order valence-corrected chi connectivity index (χ0v) is 9.92. The summed E-state index contributed by atoms with van der Waals surface area (Å²) in [5.41, 5.74) is 6.31. The van der Waals surface area contributed by atoms with Crippen molar-refractivity contribution in [3.8, 4) is 11.6 Å². The number of hydrogen-bond acceptors (Lipinski definition) is 5. The molecular weight excluding hydrogens is 218 g/mol. The molecule has 0 aliphatic heterocycles. The van der Waals surface area contributed by atoms with E-state index in [1.807, 2.05) is 17.8 Å². The Morgan fingerprint density at radius 3 is 2.94 bits per heavy atom. The van der Waals surface area contributed by atoms with E-state index in [0.29, 0.717) is 11.6 Å². The van der Waals surface area contributed by atoms with Gasteiger partial charge >= 0.3 is 0 Å². The fourth-order valence-electron chi connectivity index (χ4n) is 1.48. The summed E-state index contributed by atoms with van der Waals surface area (Å²) in [5, 5.41) is 4.16. The van der Waals surface area contributed by atoms with Crippen LogP contribution in [0.3, 0.4) is 0 Å². The Balaban J connectivity index is 2.13. The largest absolute Gasteiger partial charge is 0.436 e. The molecule has 2 aromatic rings. The van der Waals surface area contributed by atoms with Crippen LogP contribution in [0.5, 0.6) is 11.6 Å². The number of ether oxygens (including phenoxy) is 1. The van der Waals surface area contributed by atoms with Gasteiger partial charge < -0.3 is 10.5 Å². The third-order valence-corrected chi connectivity index (χ3v) is 2.13. The average molecular weight is 233 g/mol. The lowest BCUT2D eigenvalue weighted by Crippen LogP contribution is -1.98. The van der Waals surface area contributed by atoms with Gasteiger partial charge in [0.15, 0.2) is 5.75 Å². The van der Waals surface area contributed by atoms with Crippen molar-refractivity contribution in [1.29, 1.82) is 0 Å². The van der Waals surface area contributed by atoms with Gasteiger partial charge in [-0.25, -0.2) is 4.98 Å². The quantitative estimate of drug-likeness (QED) is 0.870. The Morgan fingerprint density at radius 2 is 2.24 bits per heavy atom. The van der Waals surface area contributed by atoms with E-state index < -0.39 is 0 Å². The minimum absolute atomic E-state index is 0.209. The maximum atomic E-state index is 5.55. The highest BCUT2D eigenvalue weighted by molar-refractivity contribution is 5.28. The van der Waals surface area contributed by atoms with E-state index in [-0.39, 0.29) is 5.95 Å². The lowest BCUT2D eigenvalue weighted by molar-refractivity contribution is 0.460. The highest BCUT2D eigenvalue weighted by atomic mass is 16.5.